The fraction of sp³-hybridized carbons (Fsp3) is 0.111. The average Bonchev–Trinajstić information content (AvgIpc) is 2.61. The highest BCUT2D eigenvalue weighted by Gasteiger charge is 2.06. The molecule has 0 radical (unpaired) electrons. The fourth-order valence-electron chi connectivity index (χ4n) is 1.84. The van der Waals surface area contributed by atoms with Gasteiger partial charge in [-0.3, -0.25) is 4.79 Å². The molecule has 2 N–H and O–H groups in total. The molecule has 0 aliphatic heterocycles. The van der Waals surface area contributed by atoms with Gasteiger partial charge in [-0.25, -0.2) is 5.43 Å². The van der Waals surface area contributed by atoms with E-state index in [4.69, 9.17) is 0 Å². The Morgan fingerprint density at radius 1 is 1.08 bits per heavy atom. The van der Waals surface area contributed by atoms with E-state index in [9.17, 15) is 4.79 Å². The Bertz CT molecular complexity index is 805. The quantitative estimate of drug-likeness (QED) is 0.291. The Balaban J connectivity index is 1.86. The summed E-state index contributed by atoms with van der Waals surface area (Å²) in [4.78, 5) is 11.9. The van der Waals surface area contributed by atoms with Gasteiger partial charge < -0.3 is 5.32 Å². The number of hydrazone groups is 1. The minimum Gasteiger partial charge on any atom is -0.375 e. The Kier molecular flexibility index (Phi) is 7.87. The number of halogens is 3. The van der Waals surface area contributed by atoms with E-state index in [0.717, 1.165) is 24.7 Å². The first-order chi connectivity index (χ1) is 12.0. The lowest BCUT2D eigenvalue weighted by atomic mass is 10.2. The van der Waals surface area contributed by atoms with Crippen LogP contribution in [0.2, 0.25) is 0 Å². The summed E-state index contributed by atoms with van der Waals surface area (Å²) in [5.74, 6) is -0.224. The Morgan fingerprint density at radius 2 is 1.76 bits per heavy atom. The van der Waals surface area contributed by atoms with Crippen LogP contribution in [0.3, 0.4) is 0 Å². The summed E-state index contributed by atoms with van der Waals surface area (Å²) < 4.78 is 2.69. The predicted octanol–water partition coefficient (Wildman–Crippen LogP) is 5.59. The van der Waals surface area contributed by atoms with Gasteiger partial charge >= 0.3 is 0 Å². The van der Waals surface area contributed by atoms with Gasteiger partial charge in [0.05, 0.1) is 17.9 Å². The molecular formula is C18H16Br3N3O. The summed E-state index contributed by atoms with van der Waals surface area (Å²) in [6.07, 6.45) is 3.80. The minimum absolute atomic E-state index is 0.117. The number of benzene rings is 2. The van der Waals surface area contributed by atoms with Gasteiger partial charge in [0, 0.05) is 13.4 Å². The van der Waals surface area contributed by atoms with Gasteiger partial charge in [0.1, 0.15) is 0 Å². The molecule has 0 atom stereocenters. The van der Waals surface area contributed by atoms with Crippen LogP contribution in [0.5, 0.6) is 0 Å². The van der Waals surface area contributed by atoms with Crippen LogP contribution < -0.4 is 10.7 Å². The highest BCUT2D eigenvalue weighted by molar-refractivity contribution is 9.13. The van der Waals surface area contributed by atoms with Crippen molar-refractivity contribution in [3.8, 4) is 0 Å². The number of hydrogen-bond acceptors (Lipinski definition) is 3. The molecule has 0 spiro atoms. The zero-order valence-corrected chi connectivity index (χ0v) is 18.2. The smallest absolute Gasteiger partial charge is 0.259 e. The minimum atomic E-state index is -0.224. The Morgan fingerprint density at radius 3 is 2.48 bits per heavy atom. The molecule has 0 saturated carbocycles. The molecule has 4 nitrogen and oxygen atoms in total. The molecule has 2 aromatic rings. The number of hydrogen-bond donors (Lipinski definition) is 2. The Labute approximate surface area is 172 Å². The van der Waals surface area contributed by atoms with Crippen molar-refractivity contribution in [2.75, 3.05) is 11.9 Å². The zero-order chi connectivity index (χ0) is 18.2. The van der Waals surface area contributed by atoms with E-state index in [1.807, 2.05) is 61.5 Å². The number of amides is 1. The molecule has 0 saturated heterocycles. The van der Waals surface area contributed by atoms with Crippen LogP contribution in [-0.2, 0) is 4.79 Å². The first kappa shape index (κ1) is 19.9. The second kappa shape index (κ2) is 9.89. The summed E-state index contributed by atoms with van der Waals surface area (Å²) in [6, 6.07) is 13.7. The van der Waals surface area contributed by atoms with Crippen LogP contribution in [0, 0.1) is 0 Å². The van der Waals surface area contributed by atoms with Gasteiger partial charge in [-0.15, -0.1) is 0 Å². The normalized spacial score (nSPS) is 11.6. The SMILES string of the molecule is CC(/C=C/c1ccccc1)=N\NC(=O)CNc1cc(Br)c(Br)cc1Br. The number of allylic oxidation sites excluding steroid dienone is 1. The first-order valence-corrected chi connectivity index (χ1v) is 9.78. The molecular weight excluding hydrogens is 514 g/mol. The average molecular weight is 530 g/mol. The second-order valence-corrected chi connectivity index (χ2v) is 7.69. The molecule has 0 heterocycles. The highest BCUT2D eigenvalue weighted by atomic mass is 79.9. The van der Waals surface area contributed by atoms with Crippen molar-refractivity contribution in [1.82, 2.24) is 5.43 Å². The molecule has 25 heavy (non-hydrogen) atoms. The topological polar surface area (TPSA) is 53.5 Å². The van der Waals surface area contributed by atoms with Crippen molar-refractivity contribution in [1.29, 1.82) is 0 Å². The van der Waals surface area contributed by atoms with E-state index in [2.05, 4.69) is 63.6 Å². The Hall–Kier alpha value is -1.44. The van der Waals surface area contributed by atoms with E-state index in [-0.39, 0.29) is 12.5 Å². The van der Waals surface area contributed by atoms with Crippen molar-refractivity contribution in [3.05, 3.63) is 67.5 Å². The standard InChI is InChI=1S/C18H16Br3N3O/c1-12(7-8-13-5-3-2-4-6-13)23-24-18(25)11-22-17-10-15(20)14(19)9-16(17)21/h2-10,22H,11H2,1H3,(H,24,25)/b8-7+,23-12+. The lowest BCUT2D eigenvalue weighted by molar-refractivity contribution is -0.119. The third-order valence-electron chi connectivity index (χ3n) is 3.12. The van der Waals surface area contributed by atoms with Gasteiger partial charge in [0.25, 0.3) is 5.91 Å². The number of rotatable bonds is 6. The molecule has 0 aliphatic rings. The lowest BCUT2D eigenvalue weighted by Gasteiger charge is -2.09. The molecule has 2 aromatic carbocycles. The molecule has 0 bridgehead atoms. The van der Waals surface area contributed by atoms with Crippen LogP contribution in [0.15, 0.2) is 67.1 Å². The molecule has 2 rings (SSSR count). The molecule has 7 heteroatoms. The summed E-state index contributed by atoms with van der Waals surface area (Å²) in [6.45, 7) is 1.95. The summed E-state index contributed by atoms with van der Waals surface area (Å²) in [5, 5.41) is 7.13. The molecule has 0 aliphatic carbocycles. The van der Waals surface area contributed by atoms with Crippen molar-refractivity contribution in [2.45, 2.75) is 6.92 Å². The molecule has 130 valence electrons. The van der Waals surface area contributed by atoms with Gasteiger partial charge in [0.15, 0.2) is 0 Å². The van der Waals surface area contributed by atoms with E-state index < -0.39 is 0 Å². The van der Waals surface area contributed by atoms with E-state index >= 15 is 0 Å². The van der Waals surface area contributed by atoms with Crippen LogP contribution >= 0.6 is 47.8 Å². The maximum absolute atomic E-state index is 11.9. The summed E-state index contributed by atoms with van der Waals surface area (Å²) in [5.41, 5.74) is 5.14. The maximum Gasteiger partial charge on any atom is 0.259 e. The number of carbonyl (C=O) groups excluding carboxylic acids is 1. The number of nitrogens with zero attached hydrogens (tertiary/aromatic N) is 1. The summed E-state index contributed by atoms with van der Waals surface area (Å²) in [7, 11) is 0. The third-order valence-corrected chi connectivity index (χ3v) is 5.62. The van der Waals surface area contributed by atoms with Crippen molar-refractivity contribution >= 4 is 71.2 Å². The second-order valence-electron chi connectivity index (χ2n) is 5.13. The van der Waals surface area contributed by atoms with E-state index in [1.54, 1.807) is 0 Å². The van der Waals surface area contributed by atoms with Crippen LogP contribution in [0.4, 0.5) is 5.69 Å². The van der Waals surface area contributed by atoms with Gasteiger partial charge in [0.2, 0.25) is 0 Å². The maximum atomic E-state index is 11.9. The van der Waals surface area contributed by atoms with Gasteiger partial charge in [-0.2, -0.15) is 5.10 Å². The van der Waals surface area contributed by atoms with Crippen LogP contribution in [0.25, 0.3) is 6.08 Å². The van der Waals surface area contributed by atoms with Gasteiger partial charge in [-0.05, 0) is 78.5 Å². The predicted molar refractivity (Wildman–Crippen MR) is 115 cm³/mol. The lowest BCUT2D eigenvalue weighted by Crippen LogP contribution is -2.26. The van der Waals surface area contributed by atoms with Crippen molar-refractivity contribution < 1.29 is 4.79 Å². The van der Waals surface area contributed by atoms with E-state index in [1.165, 1.54) is 0 Å². The van der Waals surface area contributed by atoms with Gasteiger partial charge in [-0.1, -0.05) is 36.4 Å². The van der Waals surface area contributed by atoms with Crippen LogP contribution in [0.1, 0.15) is 12.5 Å². The number of anilines is 1. The largest absolute Gasteiger partial charge is 0.375 e. The number of nitrogens with one attached hydrogen (secondary N) is 2. The monoisotopic (exact) mass is 527 g/mol. The number of carbonyl (C=O) groups is 1. The first-order valence-electron chi connectivity index (χ1n) is 7.40. The molecule has 0 aromatic heterocycles. The van der Waals surface area contributed by atoms with Crippen molar-refractivity contribution in [3.63, 3.8) is 0 Å². The van der Waals surface area contributed by atoms with Crippen molar-refractivity contribution in [2.24, 2.45) is 5.10 Å². The summed E-state index contributed by atoms with van der Waals surface area (Å²) >= 11 is 10.3. The highest BCUT2D eigenvalue weighted by Crippen LogP contribution is 2.32. The third kappa shape index (κ3) is 6.76. The zero-order valence-electron chi connectivity index (χ0n) is 13.4. The fourth-order valence-corrected chi connectivity index (χ4v) is 3.32. The van der Waals surface area contributed by atoms with Crippen LogP contribution in [-0.4, -0.2) is 18.2 Å². The molecule has 1 amide bonds. The molecule has 0 unspecified atom stereocenters. The van der Waals surface area contributed by atoms with E-state index in [0.29, 0.717) is 5.71 Å². The molecule has 0 fully saturated rings.